The van der Waals surface area contributed by atoms with Crippen LogP contribution in [0, 0.1) is 0 Å². The summed E-state index contributed by atoms with van der Waals surface area (Å²) < 4.78 is 15.6. The monoisotopic (exact) mass is 400 g/mol. The predicted molar refractivity (Wildman–Crippen MR) is 118 cm³/mol. The van der Waals surface area contributed by atoms with Crippen molar-refractivity contribution < 1.29 is 19.0 Å². The highest BCUT2D eigenvalue weighted by molar-refractivity contribution is 5.65. The Bertz CT molecular complexity index is 307. The van der Waals surface area contributed by atoms with E-state index in [0.29, 0.717) is 26.4 Å². The average molecular weight is 401 g/mol. The number of hydrogen-bond donors (Lipinski definition) is 0. The smallest absolute Gasteiger partial charge is 0.302 e. The fourth-order valence-corrected chi connectivity index (χ4v) is 3.32. The summed E-state index contributed by atoms with van der Waals surface area (Å²) in [6.45, 7) is 6.48. The van der Waals surface area contributed by atoms with Gasteiger partial charge in [0.25, 0.3) is 0 Å². The average Bonchev–Trinajstić information content (AvgIpc) is 2.68. The maximum Gasteiger partial charge on any atom is 0.302 e. The topological polar surface area (TPSA) is 44.8 Å². The Morgan fingerprint density at radius 1 is 0.500 bits per heavy atom. The van der Waals surface area contributed by atoms with E-state index in [1.807, 2.05) is 0 Å². The zero-order valence-electron chi connectivity index (χ0n) is 19.0. The normalized spacial score (nSPS) is 11.1. The van der Waals surface area contributed by atoms with E-state index in [-0.39, 0.29) is 5.97 Å². The van der Waals surface area contributed by atoms with Crippen molar-refractivity contribution in [2.75, 3.05) is 33.0 Å². The van der Waals surface area contributed by atoms with Crippen LogP contribution in [0.3, 0.4) is 0 Å². The van der Waals surface area contributed by atoms with Crippen LogP contribution in [-0.2, 0) is 19.0 Å². The fraction of sp³-hybridized carbons (Fsp3) is 0.958. The summed E-state index contributed by atoms with van der Waals surface area (Å²) in [5.74, 6) is -0.261. The van der Waals surface area contributed by atoms with Crippen LogP contribution in [0.4, 0.5) is 0 Å². The second kappa shape index (κ2) is 24.4. The molecular weight excluding hydrogens is 352 g/mol. The van der Waals surface area contributed by atoms with Crippen molar-refractivity contribution >= 4 is 5.97 Å². The van der Waals surface area contributed by atoms with Gasteiger partial charge in [-0.3, -0.25) is 4.79 Å². The number of carbonyl (C=O) groups excluding carboxylic acids is 1. The fourth-order valence-electron chi connectivity index (χ4n) is 3.32. The predicted octanol–water partition coefficient (Wildman–Crippen LogP) is 6.84. The van der Waals surface area contributed by atoms with Crippen molar-refractivity contribution in [2.45, 2.75) is 117 Å². The lowest BCUT2D eigenvalue weighted by Gasteiger charge is -2.06. The van der Waals surface area contributed by atoms with E-state index in [2.05, 4.69) is 6.92 Å². The lowest BCUT2D eigenvalue weighted by atomic mass is 10.0. The van der Waals surface area contributed by atoms with Gasteiger partial charge in [0.15, 0.2) is 0 Å². The molecule has 0 saturated heterocycles. The van der Waals surface area contributed by atoms with Gasteiger partial charge in [0.1, 0.15) is 6.61 Å². The van der Waals surface area contributed by atoms with Crippen molar-refractivity contribution in [3.8, 4) is 0 Å². The van der Waals surface area contributed by atoms with Gasteiger partial charge in [0, 0.05) is 13.5 Å². The van der Waals surface area contributed by atoms with Crippen LogP contribution in [-0.4, -0.2) is 39.0 Å². The summed E-state index contributed by atoms with van der Waals surface area (Å²) in [4.78, 5) is 10.6. The maximum atomic E-state index is 10.6. The molecule has 0 rings (SSSR count). The minimum absolute atomic E-state index is 0.261. The number of rotatable bonds is 23. The molecular formula is C24H48O4. The molecule has 4 heteroatoms. The Labute approximate surface area is 175 Å². The van der Waals surface area contributed by atoms with E-state index in [0.717, 1.165) is 13.0 Å². The molecule has 0 N–H and O–H groups in total. The van der Waals surface area contributed by atoms with Crippen LogP contribution >= 0.6 is 0 Å². The van der Waals surface area contributed by atoms with E-state index in [4.69, 9.17) is 14.2 Å². The molecule has 0 aliphatic rings. The Morgan fingerprint density at radius 3 is 1.29 bits per heavy atom. The molecule has 0 heterocycles. The third kappa shape index (κ3) is 25.4. The third-order valence-corrected chi connectivity index (χ3v) is 5.05. The van der Waals surface area contributed by atoms with Crippen molar-refractivity contribution in [3.63, 3.8) is 0 Å². The molecule has 28 heavy (non-hydrogen) atoms. The molecule has 0 fully saturated rings. The number of esters is 1. The summed E-state index contributed by atoms with van der Waals surface area (Å²) in [5, 5.41) is 0. The van der Waals surface area contributed by atoms with Crippen molar-refractivity contribution in [1.82, 2.24) is 0 Å². The first-order valence-electron chi connectivity index (χ1n) is 12.1. The number of hydrogen-bond acceptors (Lipinski definition) is 4. The van der Waals surface area contributed by atoms with Crippen LogP contribution in [0.2, 0.25) is 0 Å². The first kappa shape index (κ1) is 27.4. The Morgan fingerprint density at radius 2 is 0.857 bits per heavy atom. The quantitative estimate of drug-likeness (QED) is 0.139. The molecule has 4 nitrogen and oxygen atoms in total. The van der Waals surface area contributed by atoms with Gasteiger partial charge in [-0.25, -0.2) is 0 Å². The highest BCUT2D eigenvalue weighted by Gasteiger charge is 1.96. The van der Waals surface area contributed by atoms with Crippen LogP contribution in [0.25, 0.3) is 0 Å². The van der Waals surface area contributed by atoms with E-state index < -0.39 is 0 Å². The van der Waals surface area contributed by atoms with E-state index in [1.54, 1.807) is 0 Å². The van der Waals surface area contributed by atoms with Crippen LogP contribution in [0.5, 0.6) is 0 Å². The molecule has 0 aromatic heterocycles. The molecule has 0 aliphatic carbocycles. The zero-order chi connectivity index (χ0) is 20.5. The summed E-state index contributed by atoms with van der Waals surface area (Å²) >= 11 is 0. The second-order valence-electron chi connectivity index (χ2n) is 7.87. The first-order chi connectivity index (χ1) is 13.8. The van der Waals surface area contributed by atoms with Crippen LogP contribution in [0.15, 0.2) is 0 Å². The van der Waals surface area contributed by atoms with Gasteiger partial charge < -0.3 is 14.2 Å². The molecule has 0 aromatic carbocycles. The molecule has 168 valence electrons. The molecule has 0 saturated carbocycles. The van der Waals surface area contributed by atoms with Gasteiger partial charge >= 0.3 is 5.97 Å². The van der Waals surface area contributed by atoms with Crippen LogP contribution in [0.1, 0.15) is 117 Å². The van der Waals surface area contributed by atoms with Crippen molar-refractivity contribution in [1.29, 1.82) is 0 Å². The lowest BCUT2D eigenvalue weighted by Crippen LogP contribution is -2.11. The molecule has 0 amide bonds. The van der Waals surface area contributed by atoms with Gasteiger partial charge in [-0.15, -0.1) is 0 Å². The van der Waals surface area contributed by atoms with Crippen molar-refractivity contribution in [2.24, 2.45) is 0 Å². The minimum Gasteiger partial charge on any atom is -0.463 e. The third-order valence-electron chi connectivity index (χ3n) is 5.05. The highest BCUT2D eigenvalue weighted by Crippen LogP contribution is 2.13. The number of carbonyl (C=O) groups is 1. The van der Waals surface area contributed by atoms with Crippen molar-refractivity contribution in [3.05, 3.63) is 0 Å². The van der Waals surface area contributed by atoms with E-state index in [9.17, 15) is 4.79 Å². The van der Waals surface area contributed by atoms with Gasteiger partial charge in [0.05, 0.1) is 19.8 Å². The minimum atomic E-state index is -0.261. The van der Waals surface area contributed by atoms with E-state index in [1.165, 1.54) is 103 Å². The lowest BCUT2D eigenvalue weighted by molar-refractivity contribution is -0.142. The largest absolute Gasteiger partial charge is 0.463 e. The summed E-state index contributed by atoms with van der Waals surface area (Å²) in [5.41, 5.74) is 0. The summed E-state index contributed by atoms with van der Waals surface area (Å²) in [6, 6.07) is 0. The van der Waals surface area contributed by atoms with Gasteiger partial charge in [0.2, 0.25) is 0 Å². The SMILES string of the molecule is CCCCCCCCCCCCCCCCCCOCCOCCOC(C)=O. The number of unbranched alkanes of at least 4 members (excludes halogenated alkanes) is 15. The standard InChI is InChI=1S/C24H48O4/c1-3-4-5-6-7-8-9-10-11-12-13-14-15-16-17-18-19-26-20-21-27-22-23-28-24(2)25/h3-23H2,1-2H3. The molecule has 0 aromatic rings. The first-order valence-corrected chi connectivity index (χ1v) is 12.1. The molecule has 0 atom stereocenters. The molecule has 0 aliphatic heterocycles. The summed E-state index contributed by atoms with van der Waals surface area (Å²) in [7, 11) is 0. The Kier molecular flexibility index (Phi) is 23.9. The Hall–Kier alpha value is -0.610. The number of ether oxygens (including phenoxy) is 3. The zero-order valence-corrected chi connectivity index (χ0v) is 19.0. The van der Waals surface area contributed by atoms with Gasteiger partial charge in [-0.2, -0.15) is 0 Å². The maximum absolute atomic E-state index is 10.6. The molecule has 0 unspecified atom stereocenters. The highest BCUT2D eigenvalue weighted by atomic mass is 16.6. The van der Waals surface area contributed by atoms with Gasteiger partial charge in [-0.1, -0.05) is 103 Å². The van der Waals surface area contributed by atoms with Crippen LogP contribution < -0.4 is 0 Å². The molecule has 0 spiro atoms. The molecule has 0 bridgehead atoms. The second-order valence-corrected chi connectivity index (χ2v) is 7.87. The molecule has 0 radical (unpaired) electrons. The van der Waals surface area contributed by atoms with E-state index >= 15 is 0 Å². The Balaban J connectivity index is 2.99. The summed E-state index contributed by atoms with van der Waals surface area (Å²) in [6.07, 6.45) is 22.2. The van der Waals surface area contributed by atoms with Gasteiger partial charge in [-0.05, 0) is 6.42 Å².